The van der Waals surface area contributed by atoms with Gasteiger partial charge in [-0.25, -0.2) is 0 Å². The second-order valence-electron chi connectivity index (χ2n) is 6.29. The summed E-state index contributed by atoms with van der Waals surface area (Å²) in [6.45, 7) is 7.42. The standard InChI is InChI=1S/C21H23ClO4/c1-12(2)26-21-14(4)20(24)13(3)10-15(21)6-9-18(23)17-8-7-16(22)11-19(17)25-5/h6-12,24H,1-5H3/b9-6+. The molecule has 0 fully saturated rings. The number of hydrogen-bond acceptors (Lipinski definition) is 4. The predicted molar refractivity (Wildman–Crippen MR) is 105 cm³/mol. The molecule has 0 saturated carbocycles. The summed E-state index contributed by atoms with van der Waals surface area (Å²) in [4.78, 5) is 12.6. The van der Waals surface area contributed by atoms with Crippen LogP contribution in [0.3, 0.4) is 0 Å². The summed E-state index contributed by atoms with van der Waals surface area (Å²) in [7, 11) is 1.49. The zero-order chi connectivity index (χ0) is 19.4. The summed E-state index contributed by atoms with van der Waals surface area (Å²) in [5.41, 5.74) is 2.52. The molecule has 0 aromatic heterocycles. The van der Waals surface area contributed by atoms with Gasteiger partial charge in [0.15, 0.2) is 5.78 Å². The van der Waals surface area contributed by atoms with Gasteiger partial charge in [0, 0.05) is 16.1 Å². The third kappa shape index (κ3) is 4.38. The smallest absolute Gasteiger partial charge is 0.189 e. The molecule has 0 amide bonds. The van der Waals surface area contributed by atoms with Crippen LogP contribution < -0.4 is 9.47 Å². The largest absolute Gasteiger partial charge is 0.507 e. The summed E-state index contributed by atoms with van der Waals surface area (Å²) < 4.78 is 11.1. The van der Waals surface area contributed by atoms with Crippen LogP contribution in [0.4, 0.5) is 0 Å². The van der Waals surface area contributed by atoms with E-state index in [9.17, 15) is 9.90 Å². The van der Waals surface area contributed by atoms with Crippen LogP contribution >= 0.6 is 11.6 Å². The Hall–Kier alpha value is -2.46. The number of rotatable bonds is 6. The maximum Gasteiger partial charge on any atom is 0.189 e. The molecule has 0 aliphatic carbocycles. The van der Waals surface area contributed by atoms with E-state index in [1.165, 1.54) is 13.2 Å². The van der Waals surface area contributed by atoms with Crippen molar-refractivity contribution in [1.82, 2.24) is 0 Å². The first kappa shape index (κ1) is 19.9. The molecule has 0 unspecified atom stereocenters. The number of benzene rings is 2. The minimum absolute atomic E-state index is 0.0602. The molecule has 5 heteroatoms. The van der Waals surface area contributed by atoms with E-state index in [1.54, 1.807) is 37.3 Å². The zero-order valence-electron chi connectivity index (χ0n) is 15.6. The number of methoxy groups -OCH3 is 1. The van der Waals surface area contributed by atoms with E-state index in [0.717, 1.165) is 11.1 Å². The van der Waals surface area contributed by atoms with Crippen molar-refractivity contribution < 1.29 is 19.4 Å². The lowest BCUT2D eigenvalue weighted by atomic mass is 10.0. The highest BCUT2D eigenvalue weighted by Gasteiger charge is 2.15. The molecule has 4 nitrogen and oxygen atoms in total. The third-order valence-corrected chi connectivity index (χ3v) is 4.14. The van der Waals surface area contributed by atoms with Crippen molar-refractivity contribution in [2.24, 2.45) is 0 Å². The van der Waals surface area contributed by atoms with Crippen LogP contribution in [0.1, 0.15) is 40.9 Å². The van der Waals surface area contributed by atoms with Crippen LogP contribution in [0.25, 0.3) is 6.08 Å². The number of halogens is 1. The predicted octanol–water partition coefficient (Wildman–Crippen LogP) is 5.35. The topological polar surface area (TPSA) is 55.8 Å². The average Bonchev–Trinajstić information content (AvgIpc) is 2.60. The van der Waals surface area contributed by atoms with E-state index in [0.29, 0.717) is 27.6 Å². The maximum atomic E-state index is 12.6. The Labute approximate surface area is 159 Å². The number of allylic oxidation sites excluding steroid dienone is 1. The van der Waals surface area contributed by atoms with E-state index < -0.39 is 0 Å². The van der Waals surface area contributed by atoms with Crippen LogP contribution in [0.2, 0.25) is 5.02 Å². The summed E-state index contributed by atoms with van der Waals surface area (Å²) in [5, 5.41) is 10.7. The maximum absolute atomic E-state index is 12.6. The highest BCUT2D eigenvalue weighted by Crippen LogP contribution is 2.35. The lowest BCUT2D eigenvalue weighted by Gasteiger charge is -2.17. The number of phenols is 1. The van der Waals surface area contributed by atoms with Gasteiger partial charge >= 0.3 is 0 Å². The van der Waals surface area contributed by atoms with Crippen molar-refractivity contribution in [3.05, 3.63) is 57.6 Å². The Kier molecular flexibility index (Phi) is 6.32. The normalized spacial score (nSPS) is 11.2. The molecule has 0 aliphatic rings. The van der Waals surface area contributed by atoms with Crippen molar-refractivity contribution in [2.45, 2.75) is 33.8 Å². The molecule has 0 bridgehead atoms. The van der Waals surface area contributed by atoms with Gasteiger partial charge in [0.1, 0.15) is 17.2 Å². The number of phenolic OH excluding ortho intramolecular Hbond substituents is 1. The Balaban J connectivity index is 2.42. The molecule has 26 heavy (non-hydrogen) atoms. The Morgan fingerprint density at radius 1 is 1.23 bits per heavy atom. The van der Waals surface area contributed by atoms with Crippen LogP contribution in [0.15, 0.2) is 30.3 Å². The molecule has 138 valence electrons. The van der Waals surface area contributed by atoms with E-state index in [-0.39, 0.29) is 17.6 Å². The van der Waals surface area contributed by atoms with Gasteiger partial charge in [-0.2, -0.15) is 0 Å². The number of aromatic hydroxyl groups is 1. The first-order valence-electron chi connectivity index (χ1n) is 8.30. The molecule has 2 rings (SSSR count). The second-order valence-corrected chi connectivity index (χ2v) is 6.73. The summed E-state index contributed by atoms with van der Waals surface area (Å²) in [6.07, 6.45) is 3.09. The number of ether oxygens (including phenoxy) is 2. The molecule has 2 aromatic carbocycles. The third-order valence-electron chi connectivity index (χ3n) is 3.90. The SMILES string of the molecule is COc1cc(Cl)ccc1C(=O)/C=C/c1cc(C)c(O)c(C)c1OC(C)C. The number of carbonyl (C=O) groups is 1. The number of ketones is 1. The fourth-order valence-corrected chi connectivity index (χ4v) is 2.79. The van der Waals surface area contributed by atoms with Gasteiger partial charge in [0.05, 0.1) is 18.8 Å². The first-order chi connectivity index (χ1) is 12.2. The zero-order valence-corrected chi connectivity index (χ0v) is 16.3. The van der Waals surface area contributed by atoms with E-state index in [1.807, 2.05) is 20.8 Å². The van der Waals surface area contributed by atoms with Gasteiger partial charge < -0.3 is 14.6 Å². The molecule has 1 N–H and O–H groups in total. The molecule has 0 atom stereocenters. The summed E-state index contributed by atoms with van der Waals surface area (Å²) in [5.74, 6) is 0.972. The molecule has 0 saturated heterocycles. The van der Waals surface area contributed by atoms with Gasteiger partial charge in [-0.1, -0.05) is 11.6 Å². The minimum Gasteiger partial charge on any atom is -0.507 e. The average molecular weight is 375 g/mol. The number of aryl methyl sites for hydroxylation is 1. The van der Waals surface area contributed by atoms with Gasteiger partial charge in [0.2, 0.25) is 0 Å². The highest BCUT2D eigenvalue weighted by atomic mass is 35.5. The molecule has 2 aromatic rings. The Morgan fingerprint density at radius 3 is 2.54 bits per heavy atom. The summed E-state index contributed by atoms with van der Waals surface area (Å²) in [6, 6.07) is 6.67. The molecule has 0 aliphatic heterocycles. The van der Waals surface area contributed by atoms with Crippen LogP contribution in [-0.2, 0) is 0 Å². The minimum atomic E-state index is -0.211. The molecule has 0 spiro atoms. The highest BCUT2D eigenvalue weighted by molar-refractivity contribution is 6.31. The Morgan fingerprint density at radius 2 is 1.92 bits per heavy atom. The first-order valence-corrected chi connectivity index (χ1v) is 8.68. The van der Waals surface area contributed by atoms with Gasteiger partial charge in [-0.05, 0) is 69.7 Å². The van der Waals surface area contributed by atoms with Crippen molar-refractivity contribution >= 4 is 23.5 Å². The monoisotopic (exact) mass is 374 g/mol. The van der Waals surface area contributed by atoms with Gasteiger partial charge in [-0.15, -0.1) is 0 Å². The van der Waals surface area contributed by atoms with Gasteiger partial charge in [-0.3, -0.25) is 4.79 Å². The number of carbonyl (C=O) groups excluding carboxylic acids is 1. The van der Waals surface area contributed by atoms with Gasteiger partial charge in [0.25, 0.3) is 0 Å². The van der Waals surface area contributed by atoms with E-state index in [2.05, 4.69) is 0 Å². The quantitative estimate of drug-likeness (QED) is 0.546. The fourth-order valence-electron chi connectivity index (χ4n) is 2.63. The fraction of sp³-hybridized carbons (Fsp3) is 0.286. The second kappa shape index (κ2) is 8.28. The molecular formula is C21H23ClO4. The van der Waals surface area contributed by atoms with Crippen molar-refractivity contribution in [2.75, 3.05) is 7.11 Å². The van der Waals surface area contributed by atoms with Crippen LogP contribution in [0.5, 0.6) is 17.2 Å². The summed E-state index contributed by atoms with van der Waals surface area (Å²) >= 11 is 5.94. The van der Waals surface area contributed by atoms with Crippen LogP contribution in [-0.4, -0.2) is 24.1 Å². The lowest BCUT2D eigenvalue weighted by Crippen LogP contribution is -2.08. The lowest BCUT2D eigenvalue weighted by molar-refractivity contribution is 0.104. The van der Waals surface area contributed by atoms with Crippen LogP contribution in [0, 0.1) is 13.8 Å². The van der Waals surface area contributed by atoms with E-state index in [4.69, 9.17) is 21.1 Å². The van der Waals surface area contributed by atoms with Crippen molar-refractivity contribution in [3.8, 4) is 17.2 Å². The molecular weight excluding hydrogens is 352 g/mol. The number of hydrogen-bond donors (Lipinski definition) is 1. The van der Waals surface area contributed by atoms with E-state index >= 15 is 0 Å². The van der Waals surface area contributed by atoms with Crippen molar-refractivity contribution in [3.63, 3.8) is 0 Å². The molecule has 0 radical (unpaired) electrons. The Bertz CT molecular complexity index is 854. The molecule has 0 heterocycles. The van der Waals surface area contributed by atoms with Crippen molar-refractivity contribution in [1.29, 1.82) is 0 Å².